The second kappa shape index (κ2) is 6.91. The van der Waals surface area contributed by atoms with Crippen LogP contribution in [0, 0.1) is 5.92 Å². The number of benzene rings is 1. The number of halogens is 1. The van der Waals surface area contributed by atoms with Crippen LogP contribution in [0.2, 0.25) is 5.02 Å². The molecule has 0 bridgehead atoms. The van der Waals surface area contributed by atoms with Crippen LogP contribution in [-0.4, -0.2) is 36.1 Å². The van der Waals surface area contributed by atoms with Crippen LogP contribution in [0.4, 0.5) is 5.69 Å². The van der Waals surface area contributed by atoms with Crippen LogP contribution in [0.5, 0.6) is 0 Å². The first-order chi connectivity index (χ1) is 10.0. The highest BCUT2D eigenvalue weighted by molar-refractivity contribution is 6.30. The summed E-state index contributed by atoms with van der Waals surface area (Å²) in [4.78, 5) is 24.5. The van der Waals surface area contributed by atoms with Gasteiger partial charge in [-0.05, 0) is 43.9 Å². The van der Waals surface area contributed by atoms with Crippen molar-refractivity contribution in [3.63, 3.8) is 0 Å². The normalized spacial score (nSPS) is 16.9. The van der Waals surface area contributed by atoms with Crippen LogP contribution in [0.25, 0.3) is 0 Å². The van der Waals surface area contributed by atoms with Crippen molar-refractivity contribution in [2.24, 2.45) is 5.92 Å². The van der Waals surface area contributed by atoms with Crippen molar-refractivity contribution in [1.29, 1.82) is 0 Å². The molecule has 1 aromatic rings. The molecule has 1 aromatic carbocycles. The van der Waals surface area contributed by atoms with Gasteiger partial charge in [0.05, 0.1) is 6.04 Å². The van der Waals surface area contributed by atoms with Crippen LogP contribution in [0.15, 0.2) is 24.3 Å². The number of carbonyl (C=O) groups is 2. The number of aliphatic hydroxyl groups is 1. The van der Waals surface area contributed by atoms with Gasteiger partial charge in [0.2, 0.25) is 6.41 Å². The zero-order valence-corrected chi connectivity index (χ0v) is 12.6. The molecule has 1 aliphatic rings. The van der Waals surface area contributed by atoms with Crippen LogP contribution < -0.4 is 10.2 Å². The van der Waals surface area contributed by atoms with E-state index < -0.39 is 18.1 Å². The fraction of sp³-hybridized carbons (Fsp3) is 0.467. The summed E-state index contributed by atoms with van der Waals surface area (Å²) in [6, 6.07) is 6.03. The molecular formula is C15H19ClN2O3. The Kier molecular flexibility index (Phi) is 5.20. The highest BCUT2D eigenvalue weighted by Gasteiger charge is 2.29. The van der Waals surface area contributed by atoms with E-state index in [0.29, 0.717) is 29.6 Å². The maximum atomic E-state index is 11.9. The first kappa shape index (κ1) is 15.8. The zero-order valence-electron chi connectivity index (χ0n) is 11.8. The third-order valence-electron chi connectivity index (χ3n) is 3.65. The van der Waals surface area contributed by atoms with Crippen molar-refractivity contribution in [2.45, 2.75) is 31.9 Å². The molecule has 2 N–H and O–H groups in total. The lowest BCUT2D eigenvalue weighted by atomic mass is 10.1. The van der Waals surface area contributed by atoms with Gasteiger partial charge in [-0.15, -0.1) is 0 Å². The molecule has 2 rings (SSSR count). The second-order valence-electron chi connectivity index (χ2n) is 5.37. The van der Waals surface area contributed by atoms with Gasteiger partial charge in [-0.25, -0.2) is 0 Å². The van der Waals surface area contributed by atoms with E-state index in [9.17, 15) is 14.7 Å². The molecule has 1 aliphatic carbocycles. The molecule has 114 valence electrons. The number of aliphatic hydroxyl groups excluding tert-OH is 1. The predicted molar refractivity (Wildman–Crippen MR) is 81.2 cm³/mol. The molecule has 5 nitrogen and oxygen atoms in total. The molecule has 2 amide bonds. The quantitative estimate of drug-likeness (QED) is 0.751. The van der Waals surface area contributed by atoms with Gasteiger partial charge in [0.1, 0.15) is 0 Å². The van der Waals surface area contributed by atoms with E-state index in [1.54, 1.807) is 31.2 Å². The van der Waals surface area contributed by atoms with Gasteiger partial charge < -0.3 is 15.3 Å². The van der Waals surface area contributed by atoms with E-state index in [4.69, 9.17) is 11.6 Å². The largest absolute Gasteiger partial charge is 0.381 e. The monoisotopic (exact) mass is 310 g/mol. The second-order valence-corrected chi connectivity index (χ2v) is 5.80. The highest BCUT2D eigenvalue weighted by atomic mass is 35.5. The van der Waals surface area contributed by atoms with Crippen LogP contribution >= 0.6 is 11.6 Å². The molecule has 0 heterocycles. The minimum absolute atomic E-state index is 0.455. The first-order valence-corrected chi connectivity index (χ1v) is 7.35. The van der Waals surface area contributed by atoms with Crippen molar-refractivity contribution >= 4 is 29.6 Å². The number of anilines is 1. The maximum absolute atomic E-state index is 11.9. The molecule has 6 heteroatoms. The first-order valence-electron chi connectivity index (χ1n) is 6.98. The maximum Gasteiger partial charge on any atom is 0.251 e. The Morgan fingerprint density at radius 2 is 2.29 bits per heavy atom. The standard InChI is InChI=1S/C15H19ClN2O3/c1-10(14(20)15(21)17-8-11-5-6-11)18(9-19)13-4-2-3-12(16)7-13/h2-4,7,9-11,14,20H,5-6,8H2,1H3,(H,17,21). The van der Waals surface area contributed by atoms with Crippen LogP contribution in [-0.2, 0) is 9.59 Å². The predicted octanol–water partition coefficient (Wildman–Crippen LogP) is 1.58. The molecule has 0 radical (unpaired) electrons. The number of carbonyl (C=O) groups excluding carboxylic acids is 2. The number of amides is 2. The van der Waals surface area contributed by atoms with Crippen molar-refractivity contribution < 1.29 is 14.7 Å². The van der Waals surface area contributed by atoms with Gasteiger partial charge >= 0.3 is 0 Å². The van der Waals surface area contributed by atoms with Crippen LogP contribution in [0.1, 0.15) is 19.8 Å². The van der Waals surface area contributed by atoms with Gasteiger partial charge in [0.25, 0.3) is 5.91 Å². The summed E-state index contributed by atoms with van der Waals surface area (Å²) < 4.78 is 0. The van der Waals surface area contributed by atoms with E-state index in [1.165, 1.54) is 4.90 Å². The van der Waals surface area contributed by atoms with Crippen LogP contribution in [0.3, 0.4) is 0 Å². The fourth-order valence-corrected chi connectivity index (χ4v) is 2.26. The van der Waals surface area contributed by atoms with Gasteiger partial charge in [0, 0.05) is 17.3 Å². The Labute approximate surface area is 128 Å². The molecule has 0 saturated heterocycles. The smallest absolute Gasteiger partial charge is 0.251 e. The minimum atomic E-state index is -1.28. The lowest BCUT2D eigenvalue weighted by Gasteiger charge is -2.28. The summed E-state index contributed by atoms with van der Waals surface area (Å²) in [6.45, 7) is 2.21. The minimum Gasteiger partial charge on any atom is -0.381 e. The third-order valence-corrected chi connectivity index (χ3v) is 3.88. The molecule has 2 atom stereocenters. The third kappa shape index (κ3) is 4.19. The van der Waals surface area contributed by atoms with Gasteiger partial charge in [-0.2, -0.15) is 0 Å². The van der Waals surface area contributed by atoms with Crippen molar-refractivity contribution in [1.82, 2.24) is 5.32 Å². The summed E-state index contributed by atoms with van der Waals surface area (Å²) in [5.41, 5.74) is 0.541. The lowest BCUT2D eigenvalue weighted by Crippen LogP contribution is -2.49. The van der Waals surface area contributed by atoms with E-state index >= 15 is 0 Å². The number of nitrogens with zero attached hydrogens (tertiary/aromatic N) is 1. The van der Waals surface area contributed by atoms with E-state index in [0.717, 1.165) is 12.8 Å². The summed E-state index contributed by atoms with van der Waals surface area (Å²) >= 11 is 5.90. The van der Waals surface area contributed by atoms with E-state index in [2.05, 4.69) is 5.32 Å². The van der Waals surface area contributed by atoms with Gasteiger partial charge in [-0.3, -0.25) is 9.59 Å². The molecule has 21 heavy (non-hydrogen) atoms. The van der Waals surface area contributed by atoms with E-state index in [-0.39, 0.29) is 0 Å². The molecule has 0 spiro atoms. The molecule has 0 aliphatic heterocycles. The molecule has 2 unspecified atom stereocenters. The van der Waals surface area contributed by atoms with Crippen molar-refractivity contribution in [3.8, 4) is 0 Å². The fourth-order valence-electron chi connectivity index (χ4n) is 2.07. The van der Waals surface area contributed by atoms with E-state index in [1.807, 2.05) is 0 Å². The Balaban J connectivity index is 2.02. The summed E-state index contributed by atoms with van der Waals surface area (Å²) in [7, 11) is 0. The molecular weight excluding hydrogens is 292 g/mol. The lowest BCUT2D eigenvalue weighted by molar-refractivity contribution is -0.130. The van der Waals surface area contributed by atoms with Gasteiger partial charge in [-0.1, -0.05) is 17.7 Å². The summed E-state index contributed by atoms with van der Waals surface area (Å²) in [6.07, 6.45) is 1.55. The summed E-state index contributed by atoms with van der Waals surface area (Å²) in [5, 5.41) is 13.3. The summed E-state index contributed by atoms with van der Waals surface area (Å²) in [5.74, 6) is 0.0786. The molecule has 1 saturated carbocycles. The number of nitrogens with one attached hydrogen (secondary N) is 1. The topological polar surface area (TPSA) is 69.6 Å². The number of rotatable bonds is 7. The average Bonchev–Trinajstić information content (AvgIpc) is 3.29. The molecule has 1 fully saturated rings. The SMILES string of the molecule is CC(C(O)C(=O)NCC1CC1)N(C=O)c1cccc(Cl)c1. The Bertz CT molecular complexity index is 519. The Hall–Kier alpha value is -1.59. The number of hydrogen-bond acceptors (Lipinski definition) is 3. The zero-order chi connectivity index (χ0) is 15.4. The Morgan fingerprint density at radius 1 is 1.57 bits per heavy atom. The number of hydrogen-bond donors (Lipinski definition) is 2. The molecule has 0 aromatic heterocycles. The average molecular weight is 311 g/mol. The highest BCUT2D eigenvalue weighted by Crippen LogP contribution is 2.27. The van der Waals surface area contributed by atoms with Crippen molar-refractivity contribution in [3.05, 3.63) is 29.3 Å². The van der Waals surface area contributed by atoms with Crippen molar-refractivity contribution in [2.75, 3.05) is 11.4 Å². The Morgan fingerprint density at radius 3 is 2.86 bits per heavy atom. The van der Waals surface area contributed by atoms with Gasteiger partial charge in [0.15, 0.2) is 6.10 Å².